The van der Waals surface area contributed by atoms with E-state index in [1.54, 1.807) is 21.9 Å². The van der Waals surface area contributed by atoms with Gasteiger partial charge in [-0.2, -0.15) is 13.2 Å². The third-order valence-electron chi connectivity index (χ3n) is 8.56. The zero-order chi connectivity index (χ0) is 33.1. The zero-order valence-electron chi connectivity index (χ0n) is 25.7. The molecule has 2 aliphatic rings. The average molecular weight is 650 g/mol. The van der Waals surface area contributed by atoms with Crippen LogP contribution in [0, 0.1) is 0 Å². The Bertz CT molecular complexity index is 1520. The van der Waals surface area contributed by atoms with Crippen molar-refractivity contribution >= 4 is 22.8 Å². The first-order valence-electron chi connectivity index (χ1n) is 15.1. The Balaban J connectivity index is 1.29. The Labute approximate surface area is 263 Å². The standard InChI is InChI=1S/C32H38F3N3O8/c1-43-26-15-20(3-6-28(39)40)16-27(44-2)29(26)46-22-7-9-37(10-8-22)19-31(42,32(33,34)35)24-18-36-25-17-21(4-5-23(24)25)30(41)38-11-13-45-14-12-38/h4-5,15-18,22,36,42H,3,6-14,19H2,1-2H3,(H,39,40). The van der Waals surface area contributed by atoms with E-state index < -0.39 is 24.3 Å². The van der Waals surface area contributed by atoms with Gasteiger partial charge in [-0.05, 0) is 49.1 Å². The van der Waals surface area contributed by atoms with Crippen molar-refractivity contribution in [3.63, 3.8) is 0 Å². The van der Waals surface area contributed by atoms with Gasteiger partial charge in [-0.15, -0.1) is 0 Å². The summed E-state index contributed by atoms with van der Waals surface area (Å²) in [6.45, 7) is 1.49. The van der Waals surface area contributed by atoms with Gasteiger partial charge in [0.2, 0.25) is 11.4 Å². The third kappa shape index (κ3) is 7.03. The maximum Gasteiger partial charge on any atom is 0.422 e. The number of amides is 1. The number of aliphatic hydroxyl groups is 1. The maximum absolute atomic E-state index is 14.6. The van der Waals surface area contributed by atoms with Crippen molar-refractivity contribution in [2.24, 2.45) is 0 Å². The number of likely N-dealkylation sites (tertiary alicyclic amines) is 1. The minimum absolute atomic E-state index is 0.0660. The number of aromatic nitrogens is 1. The number of hydrogen-bond acceptors (Lipinski definition) is 8. The van der Waals surface area contributed by atoms with Crippen LogP contribution in [0.4, 0.5) is 13.2 Å². The smallest absolute Gasteiger partial charge is 0.422 e. The Kier molecular flexibility index (Phi) is 9.99. The molecular formula is C32H38F3N3O8. The van der Waals surface area contributed by atoms with E-state index in [-0.39, 0.29) is 48.9 Å². The van der Waals surface area contributed by atoms with Crippen molar-refractivity contribution in [2.75, 3.05) is 60.2 Å². The fraction of sp³-hybridized carbons (Fsp3) is 0.500. The Hall–Kier alpha value is -4.01. The highest BCUT2D eigenvalue weighted by atomic mass is 19.4. The molecule has 1 amide bonds. The molecule has 2 fully saturated rings. The van der Waals surface area contributed by atoms with Gasteiger partial charge >= 0.3 is 12.1 Å². The van der Waals surface area contributed by atoms with Gasteiger partial charge in [0.05, 0.1) is 27.4 Å². The SMILES string of the molecule is COc1cc(CCC(=O)O)cc(OC)c1OC1CCN(CC(O)(c2c[nH]c3cc(C(=O)N4CCOCC4)ccc23)C(F)(F)F)CC1. The Morgan fingerprint density at radius 2 is 1.67 bits per heavy atom. The summed E-state index contributed by atoms with van der Waals surface area (Å²) in [6, 6.07) is 7.80. The second-order valence-corrected chi connectivity index (χ2v) is 11.5. The topological polar surface area (TPSA) is 134 Å². The van der Waals surface area contributed by atoms with E-state index in [2.05, 4.69) is 4.98 Å². The summed E-state index contributed by atoms with van der Waals surface area (Å²) in [5.74, 6) is -0.107. The molecule has 0 bridgehead atoms. The third-order valence-corrected chi connectivity index (χ3v) is 8.56. The summed E-state index contributed by atoms with van der Waals surface area (Å²) >= 11 is 0. The van der Waals surface area contributed by atoms with Crippen LogP contribution < -0.4 is 14.2 Å². The largest absolute Gasteiger partial charge is 0.493 e. The number of halogens is 3. The van der Waals surface area contributed by atoms with Gasteiger partial charge in [0.25, 0.3) is 5.91 Å². The number of rotatable bonds is 11. The minimum atomic E-state index is -4.99. The second-order valence-electron chi connectivity index (χ2n) is 11.5. The number of aryl methyl sites for hydroxylation is 1. The van der Waals surface area contributed by atoms with Crippen LogP contribution in [0.1, 0.15) is 40.7 Å². The van der Waals surface area contributed by atoms with Crippen LogP contribution in [0.5, 0.6) is 17.2 Å². The predicted octanol–water partition coefficient (Wildman–Crippen LogP) is 3.97. The molecule has 0 saturated carbocycles. The van der Waals surface area contributed by atoms with Crippen molar-refractivity contribution in [2.45, 2.75) is 43.6 Å². The molecule has 0 spiro atoms. The minimum Gasteiger partial charge on any atom is -0.493 e. The lowest BCUT2D eigenvalue weighted by Gasteiger charge is -2.39. The van der Waals surface area contributed by atoms with E-state index in [1.807, 2.05) is 0 Å². The van der Waals surface area contributed by atoms with E-state index in [9.17, 15) is 27.9 Å². The lowest BCUT2D eigenvalue weighted by molar-refractivity contribution is -0.272. The van der Waals surface area contributed by atoms with E-state index in [0.717, 1.165) is 6.20 Å². The average Bonchev–Trinajstić information content (AvgIpc) is 3.48. The van der Waals surface area contributed by atoms with E-state index >= 15 is 0 Å². The number of aromatic amines is 1. The first kappa shape index (κ1) is 33.4. The second kappa shape index (κ2) is 13.8. The van der Waals surface area contributed by atoms with Gasteiger partial charge in [-0.1, -0.05) is 6.07 Å². The highest BCUT2D eigenvalue weighted by Gasteiger charge is 2.57. The van der Waals surface area contributed by atoms with Crippen molar-refractivity contribution in [1.82, 2.24) is 14.8 Å². The number of benzene rings is 2. The number of ether oxygens (including phenoxy) is 4. The zero-order valence-corrected chi connectivity index (χ0v) is 25.7. The summed E-state index contributed by atoms with van der Waals surface area (Å²) in [6.07, 6.45) is -3.23. The molecular weight excluding hydrogens is 611 g/mol. The first-order chi connectivity index (χ1) is 21.9. The van der Waals surface area contributed by atoms with E-state index in [0.29, 0.717) is 73.0 Å². The summed E-state index contributed by atoms with van der Waals surface area (Å²) in [5.41, 5.74) is -2.13. The maximum atomic E-state index is 14.6. The predicted molar refractivity (Wildman–Crippen MR) is 161 cm³/mol. The molecule has 2 saturated heterocycles. The van der Waals surface area contributed by atoms with Gasteiger partial charge in [-0.25, -0.2) is 0 Å². The molecule has 1 atom stereocenters. The number of methoxy groups -OCH3 is 2. The van der Waals surface area contributed by atoms with Gasteiger partial charge in [0.15, 0.2) is 11.5 Å². The molecule has 3 aromatic rings. The van der Waals surface area contributed by atoms with E-state index in [1.165, 1.54) is 32.4 Å². The highest BCUT2D eigenvalue weighted by Crippen LogP contribution is 2.44. The van der Waals surface area contributed by atoms with Gasteiger partial charge < -0.3 is 39.0 Å². The number of nitrogens with one attached hydrogen (secondary N) is 1. The molecule has 0 radical (unpaired) electrons. The molecule has 0 aliphatic carbocycles. The number of carboxylic acid groups (broad SMARTS) is 1. The molecule has 11 nitrogen and oxygen atoms in total. The molecule has 5 rings (SSSR count). The summed E-state index contributed by atoms with van der Waals surface area (Å²) in [7, 11) is 2.91. The monoisotopic (exact) mass is 649 g/mol. The van der Waals surface area contributed by atoms with Gasteiger partial charge in [0, 0.05) is 67.4 Å². The number of H-pyrrole nitrogens is 1. The van der Waals surface area contributed by atoms with Crippen LogP contribution in [0.3, 0.4) is 0 Å². The quantitative estimate of drug-likeness (QED) is 0.282. The Morgan fingerprint density at radius 3 is 2.26 bits per heavy atom. The summed E-state index contributed by atoms with van der Waals surface area (Å²) in [4.78, 5) is 30.0. The Morgan fingerprint density at radius 1 is 1.02 bits per heavy atom. The number of carbonyl (C=O) groups is 2. The van der Waals surface area contributed by atoms with Crippen LogP contribution >= 0.6 is 0 Å². The van der Waals surface area contributed by atoms with Gasteiger partial charge in [-0.3, -0.25) is 14.5 Å². The fourth-order valence-electron chi connectivity index (χ4n) is 6.00. The number of morpholine rings is 1. The molecule has 2 aromatic carbocycles. The fourth-order valence-corrected chi connectivity index (χ4v) is 6.00. The normalized spacial score (nSPS) is 17.9. The van der Waals surface area contributed by atoms with Crippen LogP contribution in [-0.4, -0.2) is 109 Å². The van der Waals surface area contributed by atoms with Crippen molar-refractivity contribution < 1.29 is 51.9 Å². The molecule has 14 heteroatoms. The van der Waals surface area contributed by atoms with Crippen molar-refractivity contribution in [1.29, 1.82) is 0 Å². The molecule has 2 aliphatic heterocycles. The number of hydrogen-bond donors (Lipinski definition) is 3. The number of alkyl halides is 3. The molecule has 46 heavy (non-hydrogen) atoms. The number of carbonyl (C=O) groups excluding carboxylic acids is 1. The van der Waals surface area contributed by atoms with Crippen LogP contribution in [0.25, 0.3) is 10.9 Å². The number of aliphatic carboxylic acids is 1. The first-order valence-corrected chi connectivity index (χ1v) is 15.1. The van der Waals surface area contributed by atoms with E-state index in [4.69, 9.17) is 24.1 Å². The lowest BCUT2D eigenvalue weighted by Crippen LogP contribution is -2.53. The molecule has 1 aromatic heterocycles. The number of carboxylic acids is 1. The molecule has 250 valence electrons. The van der Waals surface area contributed by atoms with Crippen LogP contribution in [0.15, 0.2) is 36.5 Å². The molecule has 3 heterocycles. The summed E-state index contributed by atoms with van der Waals surface area (Å²) < 4.78 is 66.3. The number of piperidine rings is 1. The number of fused-ring (bicyclic) bond motifs is 1. The molecule has 1 unspecified atom stereocenters. The number of nitrogens with zero attached hydrogens (tertiary/aromatic N) is 2. The van der Waals surface area contributed by atoms with Crippen LogP contribution in [-0.2, 0) is 21.6 Å². The molecule has 3 N–H and O–H groups in total. The summed E-state index contributed by atoms with van der Waals surface area (Å²) in [5, 5.41) is 20.5. The van der Waals surface area contributed by atoms with Gasteiger partial charge in [0.1, 0.15) is 6.10 Å². The van der Waals surface area contributed by atoms with Crippen LogP contribution in [0.2, 0.25) is 0 Å². The highest BCUT2D eigenvalue weighted by molar-refractivity contribution is 5.98. The van der Waals surface area contributed by atoms with Crippen molar-refractivity contribution in [3.05, 3.63) is 53.2 Å². The lowest BCUT2D eigenvalue weighted by atomic mass is 9.90. The van der Waals surface area contributed by atoms with Crippen molar-refractivity contribution in [3.8, 4) is 17.2 Å². The number of β-amino-alcohol motifs (C(OH)–C–C–N with tert-alkyl or cyclic N) is 1.